The van der Waals surface area contributed by atoms with Gasteiger partial charge in [0.2, 0.25) is 0 Å². The van der Waals surface area contributed by atoms with Crippen molar-refractivity contribution >= 4 is 23.2 Å². The molecule has 6 rings (SSSR count). The highest BCUT2D eigenvalue weighted by molar-refractivity contribution is 6.32. The van der Waals surface area contributed by atoms with Crippen LogP contribution in [0, 0.1) is 15.9 Å². The molecule has 3 heterocycles. The van der Waals surface area contributed by atoms with Gasteiger partial charge in [-0.15, -0.1) is 0 Å². The van der Waals surface area contributed by atoms with E-state index >= 15 is 0 Å². The predicted octanol–water partition coefficient (Wildman–Crippen LogP) is 5.12. The molecule has 3 aliphatic rings. The van der Waals surface area contributed by atoms with Gasteiger partial charge >= 0.3 is 0 Å². The first-order valence-electron chi connectivity index (χ1n) is 12.4. The third-order valence-electron chi connectivity index (χ3n) is 8.06. The van der Waals surface area contributed by atoms with Gasteiger partial charge in [0.15, 0.2) is 17.0 Å². The molecule has 0 bridgehead atoms. The Bertz CT molecular complexity index is 1450. The fourth-order valence-corrected chi connectivity index (χ4v) is 6.89. The number of nitrogens with one attached hydrogen (secondary N) is 1. The number of methoxy groups -OCH3 is 1. The molecule has 10 heteroatoms. The van der Waals surface area contributed by atoms with Gasteiger partial charge in [-0.2, -0.15) is 0 Å². The molecule has 3 aromatic carbocycles. The van der Waals surface area contributed by atoms with E-state index in [1.54, 1.807) is 54.6 Å². The minimum Gasteiger partial charge on any atom is -0.493 e. The van der Waals surface area contributed by atoms with Crippen molar-refractivity contribution in [3.63, 3.8) is 0 Å². The highest BCUT2D eigenvalue weighted by atomic mass is 35.5. The second-order valence-corrected chi connectivity index (χ2v) is 10.2. The molecule has 1 spiro atoms. The summed E-state index contributed by atoms with van der Waals surface area (Å²) in [6.45, 7) is 0.501. The standard InChI is InChI=1S/C28H25ClFN3O5/c1-37-23-14-17(13-19(29)25(23)38-15-16-7-2-4-9-20(16)30)24-22-11-6-12-32(22)28(26(24)33(35)36)18-8-3-5-10-21(18)31-27(28)34/h2-5,7-10,13-14,22,24,26H,6,11-12,15H2,1H3,(H,31,34)/t22-,24+,26-,28+/m0/s1. The zero-order valence-electron chi connectivity index (χ0n) is 20.5. The number of rotatable bonds is 6. The van der Waals surface area contributed by atoms with Crippen LogP contribution in [0.3, 0.4) is 0 Å². The lowest BCUT2D eigenvalue weighted by molar-refractivity contribution is -0.534. The van der Waals surface area contributed by atoms with Crippen molar-refractivity contribution in [1.29, 1.82) is 0 Å². The quantitative estimate of drug-likeness (QED) is 0.346. The maximum Gasteiger partial charge on any atom is 0.256 e. The molecule has 3 aromatic rings. The summed E-state index contributed by atoms with van der Waals surface area (Å²) in [5.74, 6) is -0.902. The molecule has 0 radical (unpaired) electrons. The Morgan fingerprint density at radius 3 is 2.74 bits per heavy atom. The Hall–Kier alpha value is -3.69. The lowest BCUT2D eigenvalue weighted by atomic mass is 9.77. The first kappa shape index (κ1) is 24.6. The van der Waals surface area contributed by atoms with E-state index in [2.05, 4.69) is 5.32 Å². The number of para-hydroxylation sites is 1. The average Bonchev–Trinajstić information content (AvgIpc) is 3.57. The van der Waals surface area contributed by atoms with Crippen LogP contribution in [0.15, 0.2) is 60.7 Å². The molecule has 1 N–H and O–H groups in total. The van der Waals surface area contributed by atoms with E-state index in [0.29, 0.717) is 35.3 Å². The van der Waals surface area contributed by atoms with Crippen molar-refractivity contribution < 1.29 is 23.6 Å². The van der Waals surface area contributed by atoms with E-state index in [-0.39, 0.29) is 40.0 Å². The van der Waals surface area contributed by atoms with Crippen LogP contribution < -0.4 is 14.8 Å². The van der Waals surface area contributed by atoms with Crippen molar-refractivity contribution in [2.24, 2.45) is 0 Å². The number of amides is 1. The van der Waals surface area contributed by atoms with E-state index in [0.717, 1.165) is 6.42 Å². The minimum absolute atomic E-state index is 0.0699. The van der Waals surface area contributed by atoms with Crippen molar-refractivity contribution in [2.45, 2.75) is 43.0 Å². The number of anilines is 1. The van der Waals surface area contributed by atoms with Gasteiger partial charge in [-0.05, 0) is 42.7 Å². The molecule has 0 saturated carbocycles. The van der Waals surface area contributed by atoms with Crippen molar-refractivity contribution in [1.82, 2.24) is 4.90 Å². The van der Waals surface area contributed by atoms with Crippen LogP contribution in [0.1, 0.15) is 35.4 Å². The normalized spacial score (nSPS) is 25.8. The molecule has 0 aliphatic carbocycles. The van der Waals surface area contributed by atoms with E-state index < -0.39 is 23.3 Å². The summed E-state index contributed by atoms with van der Waals surface area (Å²) in [4.78, 5) is 28.1. The highest BCUT2D eigenvalue weighted by Crippen LogP contribution is 2.58. The van der Waals surface area contributed by atoms with Crippen LogP contribution in [0.2, 0.25) is 5.02 Å². The molecule has 38 heavy (non-hydrogen) atoms. The number of hydrogen-bond acceptors (Lipinski definition) is 6. The highest BCUT2D eigenvalue weighted by Gasteiger charge is 2.73. The summed E-state index contributed by atoms with van der Waals surface area (Å²) in [6, 6.07) is 15.3. The first-order valence-corrected chi connectivity index (χ1v) is 12.8. The van der Waals surface area contributed by atoms with Crippen LogP contribution in [0.5, 0.6) is 11.5 Å². The van der Waals surface area contributed by atoms with Gasteiger partial charge < -0.3 is 14.8 Å². The zero-order valence-corrected chi connectivity index (χ0v) is 21.3. The molecule has 3 aliphatic heterocycles. The molecule has 2 fully saturated rings. The smallest absolute Gasteiger partial charge is 0.256 e. The predicted molar refractivity (Wildman–Crippen MR) is 139 cm³/mol. The number of benzene rings is 3. The molecule has 0 aromatic heterocycles. The third-order valence-corrected chi connectivity index (χ3v) is 8.34. The topological polar surface area (TPSA) is 93.9 Å². The maximum absolute atomic E-state index is 14.1. The van der Waals surface area contributed by atoms with Crippen LogP contribution in [0.4, 0.5) is 10.1 Å². The van der Waals surface area contributed by atoms with E-state index in [1.807, 2.05) is 4.90 Å². The largest absolute Gasteiger partial charge is 0.493 e. The molecule has 2 saturated heterocycles. The number of carbonyl (C=O) groups excluding carboxylic acids is 1. The summed E-state index contributed by atoms with van der Waals surface area (Å²) >= 11 is 6.67. The van der Waals surface area contributed by atoms with Crippen molar-refractivity contribution in [3.8, 4) is 11.5 Å². The summed E-state index contributed by atoms with van der Waals surface area (Å²) in [6.07, 6.45) is 1.52. The van der Waals surface area contributed by atoms with Crippen molar-refractivity contribution in [2.75, 3.05) is 19.0 Å². The van der Waals surface area contributed by atoms with E-state index in [4.69, 9.17) is 21.1 Å². The van der Waals surface area contributed by atoms with Gasteiger partial charge in [-0.3, -0.25) is 19.8 Å². The Labute approximate surface area is 223 Å². The van der Waals surface area contributed by atoms with E-state index in [1.165, 1.54) is 13.2 Å². The monoisotopic (exact) mass is 537 g/mol. The lowest BCUT2D eigenvalue weighted by Gasteiger charge is -2.32. The summed E-state index contributed by atoms with van der Waals surface area (Å²) in [5.41, 5.74) is 0.754. The Kier molecular flexibility index (Phi) is 6.00. The Balaban J connectivity index is 1.44. The SMILES string of the molecule is COc1cc([C@H]2[C@H]([N+](=O)[O-])[C@]3(C(=O)Nc4ccccc43)N3CCC[C@@H]23)cc(Cl)c1OCc1ccccc1F. The van der Waals surface area contributed by atoms with Gasteiger partial charge in [0.25, 0.3) is 11.9 Å². The number of ether oxygens (including phenoxy) is 2. The third kappa shape index (κ3) is 3.49. The fraction of sp³-hybridized carbons (Fsp3) is 0.321. The van der Waals surface area contributed by atoms with Gasteiger partial charge in [-0.25, -0.2) is 4.39 Å². The molecule has 0 unspecified atom stereocenters. The lowest BCUT2D eigenvalue weighted by Crippen LogP contribution is -2.55. The van der Waals surface area contributed by atoms with E-state index in [9.17, 15) is 19.3 Å². The van der Waals surface area contributed by atoms with Crippen molar-refractivity contribution in [3.05, 3.63) is 98.3 Å². The number of fused-ring (bicyclic) bond motifs is 4. The molecular formula is C28H25ClFN3O5. The number of halogens is 2. The maximum atomic E-state index is 14.1. The number of nitrogens with zero attached hydrogens (tertiary/aromatic N) is 2. The Morgan fingerprint density at radius 2 is 1.97 bits per heavy atom. The second-order valence-electron chi connectivity index (χ2n) is 9.84. The molecular weight excluding hydrogens is 513 g/mol. The van der Waals surface area contributed by atoms with Crippen LogP contribution in [-0.2, 0) is 16.9 Å². The van der Waals surface area contributed by atoms with Gasteiger partial charge in [0.1, 0.15) is 12.4 Å². The average molecular weight is 538 g/mol. The number of carbonyl (C=O) groups is 1. The van der Waals surface area contributed by atoms with Gasteiger partial charge in [0.05, 0.1) is 18.1 Å². The molecule has 196 valence electrons. The molecule has 8 nitrogen and oxygen atoms in total. The summed E-state index contributed by atoms with van der Waals surface area (Å²) < 4.78 is 25.6. The number of nitro groups is 1. The van der Waals surface area contributed by atoms with Crippen LogP contribution >= 0.6 is 11.6 Å². The molecule has 1 amide bonds. The second kappa shape index (κ2) is 9.25. The van der Waals surface area contributed by atoms with Gasteiger partial charge in [-0.1, -0.05) is 48.0 Å². The Morgan fingerprint density at radius 1 is 1.21 bits per heavy atom. The zero-order chi connectivity index (χ0) is 26.6. The van der Waals surface area contributed by atoms with Crippen LogP contribution in [-0.4, -0.2) is 41.5 Å². The van der Waals surface area contributed by atoms with Crippen LogP contribution in [0.25, 0.3) is 0 Å². The minimum atomic E-state index is -1.42. The summed E-state index contributed by atoms with van der Waals surface area (Å²) in [5, 5.41) is 15.9. The van der Waals surface area contributed by atoms with Gasteiger partial charge in [0, 0.05) is 34.3 Å². The fourth-order valence-electron chi connectivity index (χ4n) is 6.61. The summed E-state index contributed by atoms with van der Waals surface area (Å²) in [7, 11) is 1.45. The molecule has 4 atom stereocenters. The number of hydrogen-bond donors (Lipinski definition) is 1. The first-order chi connectivity index (χ1) is 18.4.